The van der Waals surface area contributed by atoms with Crippen LogP contribution in [-0.2, 0) is 6.54 Å². The molecule has 0 saturated carbocycles. The van der Waals surface area contributed by atoms with E-state index in [0.29, 0.717) is 5.92 Å². The van der Waals surface area contributed by atoms with E-state index in [0.717, 1.165) is 34.9 Å². The number of thiazole rings is 1. The molecular weight excluding hydrogens is 309 g/mol. The van der Waals surface area contributed by atoms with Crippen LogP contribution in [-0.4, -0.2) is 29.0 Å². The maximum Gasteiger partial charge on any atom is 0.124 e. The third-order valence-electron chi connectivity index (χ3n) is 4.04. The van der Waals surface area contributed by atoms with Crippen LogP contribution in [0.2, 0.25) is 0 Å². The van der Waals surface area contributed by atoms with Gasteiger partial charge in [-0.15, -0.1) is 23.7 Å². The van der Waals surface area contributed by atoms with Crippen molar-refractivity contribution in [2.45, 2.75) is 32.4 Å². The van der Waals surface area contributed by atoms with Gasteiger partial charge in [-0.2, -0.15) is 0 Å². The zero-order valence-electron chi connectivity index (χ0n) is 12.1. The maximum atomic E-state index is 13.2. The van der Waals surface area contributed by atoms with Crippen molar-refractivity contribution in [3.05, 3.63) is 29.0 Å². The van der Waals surface area contributed by atoms with E-state index in [1.54, 1.807) is 23.5 Å². The quantitative estimate of drug-likeness (QED) is 0.938. The van der Waals surface area contributed by atoms with E-state index in [2.05, 4.69) is 16.8 Å². The summed E-state index contributed by atoms with van der Waals surface area (Å²) < 4.78 is 14.1. The van der Waals surface area contributed by atoms with E-state index < -0.39 is 0 Å². The van der Waals surface area contributed by atoms with Crippen LogP contribution in [0.25, 0.3) is 10.2 Å². The zero-order valence-corrected chi connectivity index (χ0v) is 13.7. The first kappa shape index (κ1) is 16.6. The SMILES string of the molecule is CC(N)C1CCCN(Cc2nc3ccc(F)cc3s2)C1.Cl. The number of benzene rings is 1. The van der Waals surface area contributed by atoms with Crippen LogP contribution < -0.4 is 5.73 Å². The number of fused-ring (bicyclic) bond motifs is 1. The molecule has 2 unspecified atom stereocenters. The molecule has 1 aromatic heterocycles. The summed E-state index contributed by atoms with van der Waals surface area (Å²) in [5.74, 6) is 0.387. The predicted octanol–water partition coefficient (Wildman–Crippen LogP) is 3.42. The fourth-order valence-electron chi connectivity index (χ4n) is 2.87. The van der Waals surface area contributed by atoms with Crippen molar-refractivity contribution in [2.75, 3.05) is 13.1 Å². The second-order valence-corrected chi connectivity index (χ2v) is 6.83. The van der Waals surface area contributed by atoms with Gasteiger partial charge in [0, 0.05) is 12.6 Å². The number of nitrogens with zero attached hydrogens (tertiary/aromatic N) is 2. The smallest absolute Gasteiger partial charge is 0.124 e. The number of likely N-dealkylation sites (tertiary alicyclic amines) is 1. The molecule has 0 aliphatic carbocycles. The molecule has 6 heteroatoms. The number of rotatable bonds is 3. The molecule has 1 aromatic carbocycles. The van der Waals surface area contributed by atoms with Gasteiger partial charge in [-0.05, 0) is 50.4 Å². The standard InChI is InChI=1S/C15H20FN3S.ClH/c1-10(17)11-3-2-6-19(8-11)9-15-18-13-5-4-12(16)7-14(13)20-15;/h4-5,7,10-11H,2-3,6,8-9,17H2,1H3;1H. The van der Waals surface area contributed by atoms with Gasteiger partial charge in [0.2, 0.25) is 0 Å². The highest BCUT2D eigenvalue weighted by Gasteiger charge is 2.23. The Bertz CT molecular complexity index is 602. The Balaban J connectivity index is 0.00000161. The number of piperidine rings is 1. The molecule has 116 valence electrons. The van der Waals surface area contributed by atoms with E-state index in [1.165, 1.54) is 18.9 Å². The number of nitrogens with two attached hydrogens (primary N) is 1. The highest BCUT2D eigenvalue weighted by atomic mass is 35.5. The fraction of sp³-hybridized carbons (Fsp3) is 0.533. The first-order valence-electron chi connectivity index (χ1n) is 7.15. The minimum absolute atomic E-state index is 0. The van der Waals surface area contributed by atoms with Crippen LogP contribution in [0.1, 0.15) is 24.8 Å². The summed E-state index contributed by atoms with van der Waals surface area (Å²) in [6, 6.07) is 5.05. The summed E-state index contributed by atoms with van der Waals surface area (Å²) in [6.45, 7) is 5.09. The minimum Gasteiger partial charge on any atom is -0.328 e. The van der Waals surface area contributed by atoms with Crippen LogP contribution in [0.5, 0.6) is 0 Å². The zero-order chi connectivity index (χ0) is 14.1. The van der Waals surface area contributed by atoms with Crippen molar-refractivity contribution in [2.24, 2.45) is 11.7 Å². The van der Waals surface area contributed by atoms with Gasteiger partial charge in [0.1, 0.15) is 10.8 Å². The lowest BCUT2D eigenvalue weighted by atomic mass is 9.92. The molecule has 3 rings (SSSR count). The number of hydrogen-bond donors (Lipinski definition) is 1. The van der Waals surface area contributed by atoms with Gasteiger partial charge >= 0.3 is 0 Å². The lowest BCUT2D eigenvalue weighted by Crippen LogP contribution is -2.41. The largest absolute Gasteiger partial charge is 0.328 e. The normalized spacial score (nSPS) is 21.2. The van der Waals surface area contributed by atoms with E-state index in [9.17, 15) is 4.39 Å². The molecule has 2 N–H and O–H groups in total. The van der Waals surface area contributed by atoms with Crippen LogP contribution in [0.15, 0.2) is 18.2 Å². The highest BCUT2D eigenvalue weighted by molar-refractivity contribution is 7.18. The summed E-state index contributed by atoms with van der Waals surface area (Å²) in [5.41, 5.74) is 6.91. The van der Waals surface area contributed by atoms with Crippen LogP contribution in [0, 0.1) is 11.7 Å². The lowest BCUT2D eigenvalue weighted by molar-refractivity contribution is 0.154. The molecule has 0 bridgehead atoms. The number of aromatic nitrogens is 1. The monoisotopic (exact) mass is 329 g/mol. The molecule has 1 aliphatic rings. The minimum atomic E-state index is -0.192. The predicted molar refractivity (Wildman–Crippen MR) is 88.5 cm³/mol. The summed E-state index contributed by atoms with van der Waals surface area (Å²) in [5, 5.41) is 1.07. The molecule has 2 heterocycles. The molecule has 0 amide bonds. The van der Waals surface area contributed by atoms with E-state index in [1.807, 2.05) is 0 Å². The maximum absolute atomic E-state index is 13.2. The van der Waals surface area contributed by atoms with Gasteiger partial charge in [0.15, 0.2) is 0 Å². The first-order valence-corrected chi connectivity index (χ1v) is 7.96. The van der Waals surface area contributed by atoms with Crippen molar-refractivity contribution < 1.29 is 4.39 Å². The van der Waals surface area contributed by atoms with Crippen molar-refractivity contribution in [3.8, 4) is 0 Å². The molecular formula is C15H21ClFN3S. The van der Waals surface area contributed by atoms with Crippen molar-refractivity contribution >= 4 is 34.0 Å². The van der Waals surface area contributed by atoms with Crippen molar-refractivity contribution in [1.29, 1.82) is 0 Å². The van der Waals surface area contributed by atoms with Crippen molar-refractivity contribution in [3.63, 3.8) is 0 Å². The van der Waals surface area contributed by atoms with Gasteiger partial charge in [-0.1, -0.05) is 0 Å². The highest BCUT2D eigenvalue weighted by Crippen LogP contribution is 2.26. The molecule has 2 atom stereocenters. The Morgan fingerprint density at radius 1 is 1.52 bits per heavy atom. The Labute approximate surface area is 134 Å². The topological polar surface area (TPSA) is 42.1 Å². The summed E-state index contributed by atoms with van der Waals surface area (Å²) >= 11 is 1.59. The second-order valence-electron chi connectivity index (χ2n) is 5.72. The van der Waals surface area contributed by atoms with Gasteiger partial charge in [-0.3, -0.25) is 4.90 Å². The summed E-state index contributed by atoms with van der Waals surface area (Å²) in [6.07, 6.45) is 2.42. The Kier molecular flexibility index (Phi) is 5.54. The second kappa shape index (κ2) is 7.01. The van der Waals surface area contributed by atoms with Crippen LogP contribution >= 0.6 is 23.7 Å². The molecule has 1 fully saturated rings. The Morgan fingerprint density at radius 3 is 3.10 bits per heavy atom. The Morgan fingerprint density at radius 2 is 2.33 bits per heavy atom. The lowest BCUT2D eigenvalue weighted by Gasteiger charge is -2.34. The third kappa shape index (κ3) is 3.92. The van der Waals surface area contributed by atoms with Crippen molar-refractivity contribution in [1.82, 2.24) is 9.88 Å². The molecule has 1 saturated heterocycles. The molecule has 0 radical (unpaired) electrons. The number of hydrogen-bond acceptors (Lipinski definition) is 4. The van der Waals surface area contributed by atoms with Gasteiger partial charge in [0.25, 0.3) is 0 Å². The molecule has 3 nitrogen and oxygen atoms in total. The average molecular weight is 330 g/mol. The fourth-order valence-corrected chi connectivity index (χ4v) is 3.90. The average Bonchev–Trinajstić information content (AvgIpc) is 2.80. The molecule has 2 aromatic rings. The van der Waals surface area contributed by atoms with Crippen LogP contribution in [0.4, 0.5) is 4.39 Å². The van der Waals surface area contributed by atoms with E-state index in [-0.39, 0.29) is 24.3 Å². The molecule has 21 heavy (non-hydrogen) atoms. The summed E-state index contributed by atoms with van der Waals surface area (Å²) in [4.78, 5) is 7.02. The molecule has 1 aliphatic heterocycles. The van der Waals surface area contributed by atoms with Gasteiger partial charge in [-0.25, -0.2) is 9.37 Å². The van der Waals surface area contributed by atoms with E-state index >= 15 is 0 Å². The van der Waals surface area contributed by atoms with Crippen LogP contribution in [0.3, 0.4) is 0 Å². The first-order chi connectivity index (χ1) is 9.61. The van der Waals surface area contributed by atoms with Gasteiger partial charge in [0.05, 0.1) is 16.8 Å². The number of halogens is 2. The summed E-state index contributed by atoms with van der Waals surface area (Å²) in [7, 11) is 0. The Hall–Kier alpha value is -0.750. The third-order valence-corrected chi connectivity index (χ3v) is 5.04. The van der Waals surface area contributed by atoms with E-state index in [4.69, 9.17) is 5.73 Å². The van der Waals surface area contributed by atoms with Gasteiger partial charge < -0.3 is 5.73 Å². The molecule has 0 spiro atoms.